The average Bonchev–Trinajstić information content (AvgIpc) is 2.20. The van der Waals surface area contributed by atoms with Crippen LogP contribution in [-0.4, -0.2) is 60.6 Å². The third kappa shape index (κ3) is 9.82. The van der Waals surface area contributed by atoms with Crippen molar-refractivity contribution in [1.29, 1.82) is 0 Å². The van der Waals surface area contributed by atoms with E-state index in [1.165, 1.54) is 0 Å². The van der Waals surface area contributed by atoms with Gasteiger partial charge in [-0.15, -0.1) is 12.4 Å². The highest BCUT2D eigenvalue weighted by Crippen LogP contribution is 1.94. The highest BCUT2D eigenvalue weighted by Gasteiger charge is 2.05. The summed E-state index contributed by atoms with van der Waals surface area (Å²) in [5.41, 5.74) is 0. The minimum absolute atomic E-state index is 0. The molecule has 0 aliphatic carbocycles. The van der Waals surface area contributed by atoms with E-state index in [9.17, 15) is 0 Å². The zero-order valence-electron chi connectivity index (χ0n) is 9.85. The summed E-state index contributed by atoms with van der Waals surface area (Å²) in [4.78, 5) is 4.88. The topological polar surface area (TPSA) is 6.48 Å². The summed E-state index contributed by atoms with van der Waals surface area (Å²) in [6.07, 6.45) is 0. The van der Waals surface area contributed by atoms with E-state index in [0.29, 0.717) is 0 Å². The van der Waals surface area contributed by atoms with Crippen LogP contribution in [-0.2, 0) is 0 Å². The van der Waals surface area contributed by atoms with Crippen LogP contribution in [0.4, 0.5) is 0 Å². The highest BCUT2D eigenvalue weighted by molar-refractivity contribution is 7.80. The normalized spacial score (nSPS) is 10.8. The SMILES string of the molecule is CCN(CC)CCN(CCS)CCS.Cl. The monoisotopic (exact) mass is 272 g/mol. The second-order valence-electron chi connectivity index (χ2n) is 3.32. The molecule has 94 valence electrons. The van der Waals surface area contributed by atoms with Crippen molar-refractivity contribution in [2.45, 2.75) is 13.8 Å². The van der Waals surface area contributed by atoms with Gasteiger partial charge in [-0.2, -0.15) is 25.3 Å². The Hall–Kier alpha value is 0.910. The van der Waals surface area contributed by atoms with Crippen LogP contribution in [0.25, 0.3) is 0 Å². The Morgan fingerprint density at radius 3 is 1.47 bits per heavy atom. The Bertz CT molecular complexity index is 118. The van der Waals surface area contributed by atoms with Crippen molar-refractivity contribution in [2.24, 2.45) is 0 Å². The summed E-state index contributed by atoms with van der Waals surface area (Å²) < 4.78 is 0. The molecular weight excluding hydrogens is 248 g/mol. The van der Waals surface area contributed by atoms with Gasteiger partial charge in [0.15, 0.2) is 0 Å². The first kappa shape index (κ1) is 18.3. The smallest absolute Gasteiger partial charge is 0.0110 e. The molecule has 2 nitrogen and oxygen atoms in total. The number of thiol groups is 2. The Kier molecular flexibility index (Phi) is 15.8. The molecule has 0 amide bonds. The number of halogens is 1. The van der Waals surface area contributed by atoms with Gasteiger partial charge in [-0.25, -0.2) is 0 Å². The van der Waals surface area contributed by atoms with Crippen LogP contribution in [0.2, 0.25) is 0 Å². The number of rotatable bonds is 9. The average molecular weight is 273 g/mol. The van der Waals surface area contributed by atoms with Crippen molar-refractivity contribution in [3.05, 3.63) is 0 Å². The molecule has 0 saturated heterocycles. The van der Waals surface area contributed by atoms with Gasteiger partial charge in [-0.05, 0) is 13.1 Å². The van der Waals surface area contributed by atoms with Gasteiger partial charge in [-0.1, -0.05) is 13.8 Å². The zero-order valence-corrected chi connectivity index (χ0v) is 12.5. The lowest BCUT2D eigenvalue weighted by Gasteiger charge is -2.25. The van der Waals surface area contributed by atoms with Crippen molar-refractivity contribution in [2.75, 3.05) is 50.8 Å². The first-order chi connectivity index (χ1) is 6.78. The van der Waals surface area contributed by atoms with Gasteiger partial charge in [0.05, 0.1) is 0 Å². The van der Waals surface area contributed by atoms with Crippen molar-refractivity contribution in [1.82, 2.24) is 9.80 Å². The summed E-state index contributed by atoms with van der Waals surface area (Å²) in [5.74, 6) is 1.87. The molecule has 0 aromatic rings. The Balaban J connectivity index is 0. The predicted molar refractivity (Wildman–Crippen MR) is 79.2 cm³/mol. The van der Waals surface area contributed by atoms with Crippen LogP contribution in [0, 0.1) is 0 Å². The summed E-state index contributed by atoms with van der Waals surface area (Å²) >= 11 is 8.53. The molecule has 0 unspecified atom stereocenters. The van der Waals surface area contributed by atoms with Crippen molar-refractivity contribution < 1.29 is 0 Å². The third-order valence-corrected chi connectivity index (χ3v) is 2.86. The Morgan fingerprint density at radius 2 is 1.13 bits per heavy atom. The summed E-state index contributed by atoms with van der Waals surface area (Å²) in [6, 6.07) is 0. The molecule has 0 heterocycles. The molecule has 0 fully saturated rings. The number of nitrogens with zero attached hydrogens (tertiary/aromatic N) is 2. The minimum Gasteiger partial charge on any atom is -0.303 e. The minimum atomic E-state index is 0. The van der Waals surface area contributed by atoms with E-state index in [1.807, 2.05) is 0 Å². The van der Waals surface area contributed by atoms with Crippen LogP contribution in [0.1, 0.15) is 13.8 Å². The first-order valence-corrected chi connectivity index (χ1v) is 6.71. The standard InChI is InChI=1S/C10H24N2S2.ClH/c1-3-11(4-2)5-6-12(7-9-13)8-10-14;/h13-14H,3-10H2,1-2H3;1H. The molecule has 0 aliphatic heterocycles. The third-order valence-electron chi connectivity index (χ3n) is 2.46. The molecule has 0 aromatic carbocycles. The molecule has 0 aromatic heterocycles. The van der Waals surface area contributed by atoms with Gasteiger partial charge in [0.1, 0.15) is 0 Å². The number of hydrogen-bond acceptors (Lipinski definition) is 4. The van der Waals surface area contributed by atoms with Crippen molar-refractivity contribution >= 4 is 37.7 Å². The number of likely N-dealkylation sites (N-methyl/N-ethyl adjacent to an activating group) is 1. The zero-order chi connectivity index (χ0) is 10.8. The van der Waals surface area contributed by atoms with Gasteiger partial charge >= 0.3 is 0 Å². The van der Waals surface area contributed by atoms with E-state index < -0.39 is 0 Å². The van der Waals surface area contributed by atoms with Crippen LogP contribution in [0.3, 0.4) is 0 Å². The maximum atomic E-state index is 4.26. The molecule has 0 spiro atoms. The van der Waals surface area contributed by atoms with Crippen LogP contribution < -0.4 is 0 Å². The van der Waals surface area contributed by atoms with Gasteiger partial charge in [0.2, 0.25) is 0 Å². The lowest BCUT2D eigenvalue weighted by molar-refractivity contribution is 0.230. The second-order valence-corrected chi connectivity index (χ2v) is 4.21. The highest BCUT2D eigenvalue weighted by atomic mass is 35.5. The molecule has 0 saturated carbocycles. The van der Waals surface area contributed by atoms with E-state index in [4.69, 9.17) is 0 Å². The fourth-order valence-electron chi connectivity index (χ4n) is 1.44. The molecule has 0 aliphatic rings. The summed E-state index contributed by atoms with van der Waals surface area (Å²) in [5, 5.41) is 0. The molecular formula is C10H25ClN2S2. The molecule has 0 rings (SSSR count). The predicted octanol–water partition coefficient (Wildman–Crippen LogP) is 1.91. The molecule has 0 N–H and O–H groups in total. The summed E-state index contributed by atoms with van der Waals surface area (Å²) in [7, 11) is 0. The van der Waals surface area contributed by atoms with Crippen LogP contribution >= 0.6 is 37.7 Å². The fourth-order valence-corrected chi connectivity index (χ4v) is 2.01. The van der Waals surface area contributed by atoms with Gasteiger partial charge in [0.25, 0.3) is 0 Å². The molecule has 0 bridgehead atoms. The lowest BCUT2D eigenvalue weighted by atomic mass is 10.4. The molecule has 0 atom stereocenters. The van der Waals surface area contributed by atoms with E-state index in [2.05, 4.69) is 48.9 Å². The molecule has 15 heavy (non-hydrogen) atoms. The van der Waals surface area contributed by atoms with E-state index >= 15 is 0 Å². The second kappa shape index (κ2) is 13.0. The largest absolute Gasteiger partial charge is 0.303 e. The van der Waals surface area contributed by atoms with Crippen LogP contribution in [0.15, 0.2) is 0 Å². The fraction of sp³-hybridized carbons (Fsp3) is 1.00. The quantitative estimate of drug-likeness (QED) is 0.619. The van der Waals surface area contributed by atoms with Crippen molar-refractivity contribution in [3.8, 4) is 0 Å². The van der Waals surface area contributed by atoms with Gasteiger partial charge < -0.3 is 9.80 Å². The molecule has 5 heteroatoms. The van der Waals surface area contributed by atoms with Crippen molar-refractivity contribution in [3.63, 3.8) is 0 Å². The Morgan fingerprint density at radius 1 is 0.733 bits per heavy atom. The lowest BCUT2D eigenvalue weighted by Crippen LogP contribution is -2.37. The summed E-state index contributed by atoms with van der Waals surface area (Å²) in [6.45, 7) is 11.2. The van der Waals surface area contributed by atoms with Crippen LogP contribution in [0.5, 0.6) is 0 Å². The number of hydrogen-bond donors (Lipinski definition) is 2. The maximum Gasteiger partial charge on any atom is 0.0110 e. The van der Waals surface area contributed by atoms with E-state index in [0.717, 1.165) is 50.8 Å². The van der Waals surface area contributed by atoms with Gasteiger partial charge in [-0.3, -0.25) is 0 Å². The van der Waals surface area contributed by atoms with Gasteiger partial charge in [0, 0.05) is 37.7 Å². The van der Waals surface area contributed by atoms with E-state index in [-0.39, 0.29) is 12.4 Å². The van der Waals surface area contributed by atoms with E-state index in [1.54, 1.807) is 0 Å². The first-order valence-electron chi connectivity index (χ1n) is 5.44. The molecule has 0 radical (unpaired) electrons. The Labute approximate surface area is 112 Å². The maximum absolute atomic E-state index is 4.26.